The summed E-state index contributed by atoms with van der Waals surface area (Å²) in [5.41, 5.74) is 0. The van der Waals surface area contributed by atoms with Crippen molar-refractivity contribution in [3.05, 3.63) is 0 Å². The van der Waals surface area contributed by atoms with E-state index in [1.54, 1.807) is 0 Å². The van der Waals surface area contributed by atoms with Gasteiger partial charge in [-0.2, -0.15) is 0 Å². The van der Waals surface area contributed by atoms with Crippen molar-refractivity contribution in [1.82, 2.24) is 0 Å². The van der Waals surface area contributed by atoms with Crippen LogP contribution in [0.25, 0.3) is 0 Å². The van der Waals surface area contributed by atoms with Crippen LogP contribution in [0, 0.1) is 0 Å². The zero-order valence-corrected chi connectivity index (χ0v) is 7.29. The second-order valence-electron chi connectivity index (χ2n) is 0.513. The number of phosphoric acid groups is 1. The van der Waals surface area contributed by atoms with Crippen molar-refractivity contribution in [3.63, 3.8) is 0 Å². The van der Waals surface area contributed by atoms with Crippen LogP contribution >= 0.6 is 31.8 Å². The molecule has 0 saturated carbocycles. The van der Waals surface area contributed by atoms with Gasteiger partial charge in [-0.25, -0.2) is 4.57 Å². The molecule has 0 unspecified atom stereocenters. The van der Waals surface area contributed by atoms with Gasteiger partial charge < -0.3 is 14.7 Å². The van der Waals surface area contributed by atoms with E-state index < -0.39 is 7.82 Å². The molecule has 0 saturated heterocycles. The summed E-state index contributed by atoms with van der Waals surface area (Å²) in [7, 11) is -4.64. The first-order valence-corrected chi connectivity index (χ1v) is 2.35. The third-order valence-corrected chi connectivity index (χ3v) is 0. The SMILES string of the molecule is I.O=P(O)(O)O.[Fe].[LiH]. The first-order valence-electron chi connectivity index (χ1n) is 0.783. The normalized spacial score (nSPS) is 7.38. The quantitative estimate of drug-likeness (QED) is 0.305. The third kappa shape index (κ3) is 101. The third-order valence-electron chi connectivity index (χ3n) is 0. The van der Waals surface area contributed by atoms with Gasteiger partial charge in [-0.05, 0) is 0 Å². The molecule has 0 spiro atoms. The van der Waals surface area contributed by atoms with Gasteiger partial charge >= 0.3 is 26.7 Å². The molecule has 50 valence electrons. The van der Waals surface area contributed by atoms with Crippen LogP contribution in [0.5, 0.6) is 0 Å². The fourth-order valence-electron chi connectivity index (χ4n) is 0. The summed E-state index contributed by atoms with van der Waals surface area (Å²) in [6.45, 7) is 0. The van der Waals surface area contributed by atoms with Gasteiger partial charge in [-0.1, -0.05) is 0 Å². The number of hydrogen-bond donors (Lipinski definition) is 3. The van der Waals surface area contributed by atoms with E-state index in [4.69, 9.17) is 19.2 Å². The average molecular weight is 290 g/mol. The van der Waals surface area contributed by atoms with Crippen LogP contribution in [0.15, 0.2) is 0 Å². The van der Waals surface area contributed by atoms with Crippen molar-refractivity contribution < 1.29 is 36.3 Å². The zero-order chi connectivity index (χ0) is 4.50. The van der Waals surface area contributed by atoms with E-state index in [-0.39, 0.29) is 59.9 Å². The van der Waals surface area contributed by atoms with Crippen molar-refractivity contribution in [2.24, 2.45) is 0 Å². The molecule has 8 heavy (non-hydrogen) atoms. The van der Waals surface area contributed by atoms with E-state index in [1.807, 2.05) is 0 Å². The van der Waals surface area contributed by atoms with Crippen molar-refractivity contribution in [2.75, 3.05) is 0 Å². The van der Waals surface area contributed by atoms with Gasteiger partial charge in [0.1, 0.15) is 0 Å². The molecule has 4 nitrogen and oxygen atoms in total. The van der Waals surface area contributed by atoms with Crippen molar-refractivity contribution in [3.8, 4) is 0 Å². The summed E-state index contributed by atoms with van der Waals surface area (Å²) in [6.07, 6.45) is 0. The van der Waals surface area contributed by atoms with Crippen molar-refractivity contribution in [1.29, 1.82) is 0 Å². The average Bonchev–Trinajstić information content (AvgIpc) is 0.722. The molecule has 0 aromatic heterocycles. The standard InChI is InChI=1S/Fe.HI.Li.H3O4P.H/c;;;1-5(2,3)4;/h;1H;;(H3,1,2,3,4);. The molecule has 0 atom stereocenters. The van der Waals surface area contributed by atoms with E-state index in [0.717, 1.165) is 0 Å². The molecular formula is H5FeILiO4P. The van der Waals surface area contributed by atoms with Crippen LogP contribution in [-0.4, -0.2) is 33.5 Å². The van der Waals surface area contributed by atoms with Crippen LogP contribution in [0.1, 0.15) is 0 Å². The van der Waals surface area contributed by atoms with Gasteiger partial charge in [0.05, 0.1) is 0 Å². The van der Waals surface area contributed by atoms with E-state index in [2.05, 4.69) is 0 Å². The Labute approximate surface area is 86.3 Å². The summed E-state index contributed by atoms with van der Waals surface area (Å²) in [4.78, 5) is 21.6. The van der Waals surface area contributed by atoms with Gasteiger partial charge in [-0.3, -0.25) is 0 Å². The molecule has 0 amide bonds. The molecule has 3 N–H and O–H groups in total. The molecule has 0 bridgehead atoms. The maximum absolute atomic E-state index is 8.88. The predicted molar refractivity (Wildman–Crippen MR) is 36.8 cm³/mol. The Morgan fingerprint density at radius 1 is 1.12 bits per heavy atom. The monoisotopic (exact) mass is 290 g/mol. The van der Waals surface area contributed by atoms with Gasteiger partial charge in [-0.15, -0.1) is 24.0 Å². The number of halogens is 1. The molecule has 0 aliphatic carbocycles. The van der Waals surface area contributed by atoms with E-state index >= 15 is 0 Å². The molecule has 0 aliphatic rings. The molecule has 0 rings (SSSR count). The number of hydrogen-bond acceptors (Lipinski definition) is 1. The second-order valence-corrected chi connectivity index (χ2v) is 1.54. The fourth-order valence-corrected chi connectivity index (χ4v) is 0. The Bertz CT molecular complexity index is 62.2. The first kappa shape index (κ1) is 22.5. The molecule has 0 aromatic carbocycles. The second kappa shape index (κ2) is 8.96. The molecule has 0 aromatic rings. The Hall–Kier alpha value is 1.96. The van der Waals surface area contributed by atoms with Crippen LogP contribution in [0.3, 0.4) is 0 Å². The fraction of sp³-hybridized carbons (Fsp3) is 0. The Kier molecular flexibility index (Phi) is 25.2. The Balaban J connectivity index is -0.0000000267. The summed E-state index contributed by atoms with van der Waals surface area (Å²) in [5, 5.41) is 0. The maximum atomic E-state index is 8.88. The van der Waals surface area contributed by atoms with E-state index in [9.17, 15) is 0 Å². The van der Waals surface area contributed by atoms with Crippen molar-refractivity contribution >= 4 is 50.7 Å². The molecule has 0 aliphatic heterocycles. The molecule has 8 heteroatoms. The van der Waals surface area contributed by atoms with Crippen LogP contribution in [0.4, 0.5) is 0 Å². The van der Waals surface area contributed by atoms with E-state index in [0.29, 0.717) is 0 Å². The van der Waals surface area contributed by atoms with Gasteiger partial charge in [0.2, 0.25) is 0 Å². The molecular weight excluding hydrogens is 285 g/mol. The first-order chi connectivity index (χ1) is 2.00. The number of rotatable bonds is 0. The Morgan fingerprint density at radius 2 is 1.12 bits per heavy atom. The summed E-state index contributed by atoms with van der Waals surface area (Å²) in [5.74, 6) is 0. The minimum absolute atomic E-state index is 0. The van der Waals surface area contributed by atoms with Gasteiger partial charge in [0, 0.05) is 17.1 Å². The Morgan fingerprint density at radius 3 is 1.12 bits per heavy atom. The minimum atomic E-state index is -4.64. The summed E-state index contributed by atoms with van der Waals surface area (Å²) < 4.78 is 8.88. The zero-order valence-electron chi connectivity index (χ0n) is 2.96. The van der Waals surface area contributed by atoms with Crippen LogP contribution < -0.4 is 0 Å². The summed E-state index contributed by atoms with van der Waals surface area (Å²) in [6, 6.07) is 0. The molecule has 0 fully saturated rings. The van der Waals surface area contributed by atoms with Crippen LogP contribution in [-0.2, 0) is 21.6 Å². The molecule has 0 heterocycles. The summed E-state index contributed by atoms with van der Waals surface area (Å²) >= 11 is 0. The molecule has 0 radical (unpaired) electrons. The topological polar surface area (TPSA) is 77.8 Å². The van der Waals surface area contributed by atoms with E-state index in [1.165, 1.54) is 0 Å². The van der Waals surface area contributed by atoms with Gasteiger partial charge in [0.25, 0.3) is 0 Å². The van der Waals surface area contributed by atoms with Crippen LogP contribution in [0.2, 0.25) is 0 Å². The van der Waals surface area contributed by atoms with Crippen molar-refractivity contribution in [2.45, 2.75) is 0 Å². The van der Waals surface area contributed by atoms with Gasteiger partial charge in [0.15, 0.2) is 0 Å². The predicted octanol–water partition coefficient (Wildman–Crippen LogP) is -0.962.